The number of para-hydroxylation sites is 1. The summed E-state index contributed by atoms with van der Waals surface area (Å²) in [6.45, 7) is 1.58. The van der Waals surface area contributed by atoms with Crippen LogP contribution >= 0.6 is 11.6 Å². The first-order valence-electron chi connectivity index (χ1n) is 6.35. The molecule has 0 aromatic heterocycles. The molecule has 0 saturated carbocycles. The maximum absolute atomic E-state index is 10.9. The highest BCUT2D eigenvalue weighted by atomic mass is 35.5. The zero-order valence-corrected chi connectivity index (χ0v) is 11.6. The van der Waals surface area contributed by atoms with Gasteiger partial charge >= 0.3 is 5.69 Å². The normalized spacial score (nSPS) is 19.6. The van der Waals surface area contributed by atoms with E-state index in [1.54, 1.807) is 12.1 Å². The number of likely N-dealkylation sites (tertiary alicyclic amines) is 1. The van der Waals surface area contributed by atoms with Crippen LogP contribution in [-0.4, -0.2) is 36.1 Å². The van der Waals surface area contributed by atoms with Crippen LogP contribution in [0.4, 0.5) is 5.69 Å². The predicted molar refractivity (Wildman–Crippen MR) is 73.9 cm³/mol. The molecule has 1 unspecified atom stereocenters. The second-order valence-electron chi connectivity index (χ2n) is 4.76. The lowest BCUT2D eigenvalue weighted by molar-refractivity contribution is -0.385. The van der Waals surface area contributed by atoms with Crippen LogP contribution in [0.5, 0.6) is 5.75 Å². The fraction of sp³-hybridized carbons (Fsp3) is 0.538. The topological polar surface area (TPSA) is 55.6 Å². The monoisotopic (exact) mass is 284 g/mol. The highest BCUT2D eigenvalue weighted by Crippen LogP contribution is 2.34. The first-order chi connectivity index (χ1) is 9.09. The van der Waals surface area contributed by atoms with E-state index in [1.165, 1.54) is 12.5 Å². The Hall–Kier alpha value is -1.33. The van der Waals surface area contributed by atoms with Gasteiger partial charge in [-0.1, -0.05) is 17.7 Å². The second-order valence-corrected chi connectivity index (χ2v) is 5.16. The van der Waals surface area contributed by atoms with E-state index >= 15 is 0 Å². The molecule has 1 heterocycles. The van der Waals surface area contributed by atoms with E-state index in [0.717, 1.165) is 19.4 Å². The third-order valence-electron chi connectivity index (χ3n) is 3.51. The average Bonchev–Trinajstić information content (AvgIpc) is 2.75. The minimum atomic E-state index is -0.501. The molecule has 1 aromatic carbocycles. The van der Waals surface area contributed by atoms with Crippen molar-refractivity contribution in [3.8, 4) is 5.75 Å². The molecule has 0 aliphatic carbocycles. The lowest BCUT2D eigenvalue weighted by Gasteiger charge is -2.19. The molecule has 0 bridgehead atoms. The van der Waals surface area contributed by atoms with E-state index in [1.807, 2.05) is 0 Å². The summed E-state index contributed by atoms with van der Waals surface area (Å²) in [6, 6.07) is 5.25. The number of nitro groups is 1. The molecule has 6 heteroatoms. The van der Waals surface area contributed by atoms with Gasteiger partial charge in [0.25, 0.3) is 0 Å². The highest BCUT2D eigenvalue weighted by molar-refractivity contribution is 6.32. The van der Waals surface area contributed by atoms with E-state index in [4.69, 9.17) is 16.3 Å². The first kappa shape index (κ1) is 14.1. The Morgan fingerprint density at radius 1 is 1.58 bits per heavy atom. The molecule has 1 saturated heterocycles. The third kappa shape index (κ3) is 3.36. The molecular formula is C13H17ClN2O3. The largest absolute Gasteiger partial charge is 0.487 e. The molecule has 0 radical (unpaired) electrons. The molecule has 0 N–H and O–H groups in total. The van der Waals surface area contributed by atoms with Gasteiger partial charge in [-0.25, -0.2) is 0 Å². The van der Waals surface area contributed by atoms with E-state index in [0.29, 0.717) is 12.6 Å². The minimum absolute atomic E-state index is 0.112. The van der Waals surface area contributed by atoms with Crippen LogP contribution in [0.15, 0.2) is 18.2 Å². The SMILES string of the molecule is CN1CCCC1CCOc1cccc(Cl)c1[N+](=O)[O-]. The van der Waals surface area contributed by atoms with Crippen molar-refractivity contribution in [3.05, 3.63) is 33.3 Å². The fourth-order valence-corrected chi connectivity index (χ4v) is 2.67. The summed E-state index contributed by atoms with van der Waals surface area (Å²) in [6.07, 6.45) is 3.25. The van der Waals surface area contributed by atoms with Crippen LogP contribution in [0.3, 0.4) is 0 Å². The molecule has 1 atom stereocenters. The molecule has 19 heavy (non-hydrogen) atoms. The van der Waals surface area contributed by atoms with Crippen molar-refractivity contribution in [3.63, 3.8) is 0 Å². The Morgan fingerprint density at radius 2 is 2.37 bits per heavy atom. The van der Waals surface area contributed by atoms with Crippen molar-refractivity contribution >= 4 is 17.3 Å². The Morgan fingerprint density at radius 3 is 3.00 bits per heavy atom. The predicted octanol–water partition coefficient (Wildman–Crippen LogP) is 3.11. The van der Waals surface area contributed by atoms with Gasteiger partial charge in [-0.15, -0.1) is 0 Å². The summed E-state index contributed by atoms with van der Waals surface area (Å²) in [4.78, 5) is 12.7. The van der Waals surface area contributed by atoms with Crippen molar-refractivity contribution in [2.45, 2.75) is 25.3 Å². The second kappa shape index (κ2) is 6.21. The Kier molecular flexibility index (Phi) is 4.61. The molecule has 104 valence electrons. The van der Waals surface area contributed by atoms with Gasteiger partial charge in [0.2, 0.25) is 0 Å². The van der Waals surface area contributed by atoms with Gasteiger partial charge in [0.15, 0.2) is 5.75 Å². The summed E-state index contributed by atoms with van der Waals surface area (Å²) in [5.74, 6) is 0.248. The lowest BCUT2D eigenvalue weighted by Crippen LogP contribution is -2.26. The third-order valence-corrected chi connectivity index (χ3v) is 3.82. The van der Waals surface area contributed by atoms with Gasteiger partial charge in [-0.3, -0.25) is 10.1 Å². The van der Waals surface area contributed by atoms with Crippen molar-refractivity contribution in [1.82, 2.24) is 4.90 Å². The molecule has 1 aliphatic rings. The van der Waals surface area contributed by atoms with E-state index in [2.05, 4.69) is 11.9 Å². The molecule has 1 aliphatic heterocycles. The fourth-order valence-electron chi connectivity index (χ4n) is 2.44. The first-order valence-corrected chi connectivity index (χ1v) is 6.73. The van der Waals surface area contributed by atoms with E-state index < -0.39 is 4.92 Å². The van der Waals surface area contributed by atoms with E-state index in [-0.39, 0.29) is 16.5 Å². The Balaban J connectivity index is 1.96. The molecular weight excluding hydrogens is 268 g/mol. The van der Waals surface area contributed by atoms with Crippen LogP contribution in [0, 0.1) is 10.1 Å². The summed E-state index contributed by atoms with van der Waals surface area (Å²) in [5.41, 5.74) is -0.149. The van der Waals surface area contributed by atoms with Gasteiger partial charge < -0.3 is 9.64 Å². The molecule has 1 aromatic rings. The highest BCUT2D eigenvalue weighted by Gasteiger charge is 2.22. The average molecular weight is 285 g/mol. The van der Waals surface area contributed by atoms with Gasteiger partial charge in [0.1, 0.15) is 5.02 Å². The van der Waals surface area contributed by atoms with Gasteiger partial charge in [0, 0.05) is 6.04 Å². The van der Waals surface area contributed by atoms with Crippen molar-refractivity contribution in [2.75, 3.05) is 20.2 Å². The summed E-state index contributed by atoms with van der Waals surface area (Å²) >= 11 is 5.82. The maximum atomic E-state index is 10.9. The van der Waals surface area contributed by atoms with Crippen LogP contribution < -0.4 is 4.74 Å². The number of halogens is 1. The number of ether oxygens (including phenoxy) is 1. The van der Waals surface area contributed by atoms with Crippen LogP contribution in [0.1, 0.15) is 19.3 Å². The lowest BCUT2D eigenvalue weighted by atomic mass is 10.1. The smallest absolute Gasteiger partial charge is 0.329 e. The van der Waals surface area contributed by atoms with Crippen LogP contribution in [0.2, 0.25) is 5.02 Å². The summed E-state index contributed by atoms with van der Waals surface area (Å²) in [7, 11) is 2.10. The number of hydrogen-bond donors (Lipinski definition) is 0. The summed E-state index contributed by atoms with van der Waals surface area (Å²) < 4.78 is 5.54. The van der Waals surface area contributed by atoms with Gasteiger partial charge in [-0.05, 0) is 45.0 Å². The molecule has 1 fully saturated rings. The summed E-state index contributed by atoms with van der Waals surface area (Å²) in [5, 5.41) is 11.1. The molecule has 2 rings (SSSR count). The number of hydrogen-bond acceptors (Lipinski definition) is 4. The van der Waals surface area contributed by atoms with Crippen LogP contribution in [-0.2, 0) is 0 Å². The number of nitro benzene ring substituents is 1. The quantitative estimate of drug-likeness (QED) is 0.616. The molecule has 5 nitrogen and oxygen atoms in total. The minimum Gasteiger partial charge on any atom is -0.487 e. The zero-order valence-electron chi connectivity index (χ0n) is 10.8. The van der Waals surface area contributed by atoms with Crippen molar-refractivity contribution in [2.24, 2.45) is 0 Å². The Labute approximate surface area is 117 Å². The maximum Gasteiger partial charge on any atom is 0.329 e. The molecule has 0 amide bonds. The van der Waals surface area contributed by atoms with Gasteiger partial charge in [-0.2, -0.15) is 0 Å². The number of nitrogens with zero attached hydrogens (tertiary/aromatic N) is 2. The van der Waals surface area contributed by atoms with Gasteiger partial charge in [0.05, 0.1) is 11.5 Å². The van der Waals surface area contributed by atoms with Crippen molar-refractivity contribution in [1.29, 1.82) is 0 Å². The zero-order chi connectivity index (χ0) is 13.8. The van der Waals surface area contributed by atoms with E-state index in [9.17, 15) is 10.1 Å². The molecule has 0 spiro atoms. The standard InChI is InChI=1S/C13H17ClN2O3/c1-15-8-3-4-10(15)7-9-19-12-6-2-5-11(14)13(12)16(17)18/h2,5-6,10H,3-4,7-9H2,1H3. The van der Waals surface area contributed by atoms with Crippen LogP contribution in [0.25, 0.3) is 0 Å². The number of rotatable bonds is 5. The van der Waals surface area contributed by atoms with Crippen molar-refractivity contribution < 1.29 is 9.66 Å². The Bertz CT molecular complexity index is 467. The number of benzene rings is 1.